The van der Waals surface area contributed by atoms with Gasteiger partial charge in [0.1, 0.15) is 23.0 Å². The number of ketones is 2. The number of amides is 4. The Hall–Kier alpha value is -10.8. The molecule has 22 nitrogen and oxygen atoms in total. The SMILES string of the molecule is COc1cc(C(=O)c2nc(NC(=O)c3cccc(OCCCCCCCCOc4cccc(C(=O)Nc5nc(C(=O)c6ccc(NC(=O)C(F)(F)F)c(OC)c6)n6ccc(C(=O)O)cc56)c4)c3)c3cc(C(=O)O)ccn23)ccc1NC(=O)C(F)(F)F. The summed E-state index contributed by atoms with van der Waals surface area (Å²) in [6.45, 7) is 0.638. The van der Waals surface area contributed by atoms with Gasteiger partial charge in [-0.1, -0.05) is 37.8 Å². The molecule has 8 rings (SSSR count). The lowest BCUT2D eigenvalue weighted by Crippen LogP contribution is -2.30. The molecule has 0 saturated carbocycles. The fourth-order valence-corrected chi connectivity index (χ4v) is 8.56. The van der Waals surface area contributed by atoms with Crippen LogP contribution in [0.5, 0.6) is 23.0 Å². The highest BCUT2D eigenvalue weighted by Crippen LogP contribution is 2.33. The molecule has 0 unspecified atom stereocenters. The van der Waals surface area contributed by atoms with Crippen LogP contribution >= 0.6 is 0 Å². The molecule has 4 aromatic heterocycles. The van der Waals surface area contributed by atoms with E-state index in [1.54, 1.807) is 34.9 Å². The number of aromatic carboxylic acids is 2. The van der Waals surface area contributed by atoms with E-state index in [1.807, 2.05) is 0 Å². The lowest BCUT2D eigenvalue weighted by atomic mass is 10.1. The Kier molecular flexibility index (Phi) is 18.7. The predicted molar refractivity (Wildman–Crippen MR) is 294 cm³/mol. The number of halogens is 6. The summed E-state index contributed by atoms with van der Waals surface area (Å²) in [6, 6.07) is 23.7. The molecule has 0 bridgehead atoms. The van der Waals surface area contributed by atoms with E-state index < -0.39 is 59.5 Å². The smallest absolute Gasteiger partial charge is 0.471 e. The number of rotatable bonds is 25. The number of pyridine rings is 2. The van der Waals surface area contributed by atoms with Crippen LogP contribution in [0, 0.1) is 0 Å². The molecule has 0 radical (unpaired) electrons. The topological polar surface area (TPSA) is 297 Å². The molecule has 4 heterocycles. The van der Waals surface area contributed by atoms with Crippen LogP contribution in [0.25, 0.3) is 11.0 Å². The number of hydrogen-bond acceptors (Lipinski definition) is 14. The summed E-state index contributed by atoms with van der Waals surface area (Å²) in [5.41, 5.74) is -1.08. The molecular weight excluding hydrogens is 1150 g/mol. The van der Waals surface area contributed by atoms with E-state index in [0.29, 0.717) is 37.6 Å². The van der Waals surface area contributed by atoms with Crippen LogP contribution in [0.4, 0.5) is 49.4 Å². The highest BCUT2D eigenvalue weighted by atomic mass is 19.4. The van der Waals surface area contributed by atoms with Crippen molar-refractivity contribution in [3.8, 4) is 23.0 Å². The first-order valence-electron chi connectivity index (χ1n) is 25.7. The van der Waals surface area contributed by atoms with Gasteiger partial charge in [-0.25, -0.2) is 19.6 Å². The average molecular weight is 1200 g/mol. The van der Waals surface area contributed by atoms with E-state index >= 15 is 0 Å². The van der Waals surface area contributed by atoms with Gasteiger partial charge in [0.05, 0.1) is 61.0 Å². The molecule has 0 aliphatic carbocycles. The second-order valence-corrected chi connectivity index (χ2v) is 18.7. The number of nitrogens with one attached hydrogen (secondary N) is 4. The molecule has 0 atom stereocenters. The standard InChI is InChI=1S/C58H48F6N8O14/c1-83-43-29-31(15-17-39(43)65-55(81)57(59,60)61)45(73)49-67-47(41-27-35(53(77)78)19-21-71(41)49)69-51(75)33-11-9-13-37(25-33)85-23-7-5-3-4-6-8-24-86-38-14-10-12-34(26-38)52(76)70-48-42-28-36(54(79)80)20-22-72(42)50(68-48)46(74)32-16-18-40(44(30-32)84-2)66-56(82)58(62,63)64/h9-22,25-30H,3-8,23-24H2,1-2H3,(H,65,81)(H,66,82)(H,69,75)(H,70,76)(H,77,78)(H,79,80). The summed E-state index contributed by atoms with van der Waals surface area (Å²) in [6.07, 6.45) is -3.19. The maximum Gasteiger partial charge on any atom is 0.471 e. The van der Waals surface area contributed by atoms with Crippen LogP contribution in [0.2, 0.25) is 0 Å². The number of anilines is 4. The Morgan fingerprint density at radius 2 is 0.849 bits per heavy atom. The molecule has 0 aliphatic rings. The molecule has 28 heteroatoms. The minimum Gasteiger partial charge on any atom is -0.495 e. The van der Waals surface area contributed by atoms with E-state index in [2.05, 4.69) is 20.6 Å². The number of benzene rings is 4. The second kappa shape index (κ2) is 26.2. The Bertz CT molecular complexity index is 3720. The number of unbranched alkanes of at least 4 members (excludes halogenated alkanes) is 5. The molecule has 4 amide bonds. The van der Waals surface area contributed by atoms with Crippen molar-refractivity contribution in [1.29, 1.82) is 0 Å². The monoisotopic (exact) mass is 1190 g/mol. The number of methoxy groups -OCH3 is 2. The first kappa shape index (κ1) is 61.3. The lowest BCUT2D eigenvalue weighted by Gasteiger charge is -2.12. The van der Waals surface area contributed by atoms with Crippen LogP contribution in [0.15, 0.2) is 122 Å². The van der Waals surface area contributed by atoms with Gasteiger partial charge in [0, 0.05) is 34.6 Å². The van der Waals surface area contributed by atoms with Gasteiger partial charge in [0.2, 0.25) is 11.6 Å². The van der Waals surface area contributed by atoms with Crippen molar-refractivity contribution in [2.45, 2.75) is 50.9 Å². The van der Waals surface area contributed by atoms with Crippen molar-refractivity contribution in [2.24, 2.45) is 0 Å². The van der Waals surface area contributed by atoms with Crippen LogP contribution in [-0.2, 0) is 9.59 Å². The predicted octanol–water partition coefficient (Wildman–Crippen LogP) is 10.2. The normalized spacial score (nSPS) is 11.4. The van der Waals surface area contributed by atoms with Crippen molar-refractivity contribution < 1.29 is 93.9 Å². The quantitative estimate of drug-likeness (QED) is 0.0176. The Labute approximate surface area is 481 Å². The maximum atomic E-state index is 13.8. The van der Waals surface area contributed by atoms with Gasteiger partial charge in [-0.15, -0.1) is 0 Å². The number of imidazole rings is 2. The van der Waals surface area contributed by atoms with Crippen molar-refractivity contribution in [2.75, 3.05) is 48.7 Å². The zero-order valence-corrected chi connectivity index (χ0v) is 45.1. The van der Waals surface area contributed by atoms with Crippen LogP contribution in [0.1, 0.15) is 112 Å². The number of carbonyl (C=O) groups is 8. The number of aromatic nitrogens is 4. The fourth-order valence-electron chi connectivity index (χ4n) is 8.56. The fraction of sp³-hybridized carbons (Fsp3) is 0.207. The Morgan fingerprint density at radius 1 is 0.465 bits per heavy atom. The molecule has 446 valence electrons. The van der Waals surface area contributed by atoms with Crippen LogP contribution in [0.3, 0.4) is 0 Å². The molecule has 0 fully saturated rings. The van der Waals surface area contributed by atoms with Gasteiger partial charge < -0.3 is 50.4 Å². The number of carboxylic acids is 2. The first-order chi connectivity index (χ1) is 40.9. The largest absolute Gasteiger partial charge is 0.495 e. The summed E-state index contributed by atoms with van der Waals surface area (Å²) < 4.78 is 102. The van der Waals surface area contributed by atoms with Gasteiger partial charge in [-0.3, -0.25) is 37.6 Å². The van der Waals surface area contributed by atoms with Crippen LogP contribution < -0.4 is 40.2 Å². The first-order valence-corrected chi connectivity index (χ1v) is 25.7. The zero-order valence-electron chi connectivity index (χ0n) is 45.1. The average Bonchev–Trinajstić information content (AvgIpc) is 1.77. The number of carbonyl (C=O) groups excluding carboxylic acids is 6. The Morgan fingerprint density at radius 3 is 1.21 bits per heavy atom. The number of ether oxygens (including phenoxy) is 4. The Balaban J connectivity index is 0.803. The summed E-state index contributed by atoms with van der Waals surface area (Å²) >= 11 is 0. The lowest BCUT2D eigenvalue weighted by molar-refractivity contribution is -0.167. The minimum atomic E-state index is -5.20. The van der Waals surface area contributed by atoms with Crippen molar-refractivity contribution in [3.63, 3.8) is 0 Å². The molecular formula is C58H48F6N8O14. The molecule has 0 saturated heterocycles. The molecule has 86 heavy (non-hydrogen) atoms. The molecule has 6 N–H and O–H groups in total. The number of alkyl halides is 6. The van der Waals surface area contributed by atoms with Gasteiger partial charge in [-0.05, 0) is 110 Å². The van der Waals surface area contributed by atoms with E-state index in [0.717, 1.165) is 76.3 Å². The summed E-state index contributed by atoms with van der Waals surface area (Å²) in [5.74, 6) is -10.9. The van der Waals surface area contributed by atoms with E-state index in [9.17, 15) is 74.9 Å². The summed E-state index contributed by atoms with van der Waals surface area (Å²) in [4.78, 5) is 110. The number of nitrogens with zero attached hydrogens (tertiary/aromatic N) is 4. The maximum absolute atomic E-state index is 13.8. The summed E-state index contributed by atoms with van der Waals surface area (Å²) in [7, 11) is 2.23. The van der Waals surface area contributed by atoms with Gasteiger partial charge in [0.15, 0.2) is 23.3 Å². The summed E-state index contributed by atoms with van der Waals surface area (Å²) in [5, 5.41) is 28.0. The molecule has 8 aromatic rings. The second-order valence-electron chi connectivity index (χ2n) is 18.7. The number of hydrogen-bond donors (Lipinski definition) is 6. The van der Waals surface area contributed by atoms with E-state index in [-0.39, 0.29) is 90.6 Å². The molecule has 0 spiro atoms. The van der Waals surface area contributed by atoms with Gasteiger partial charge >= 0.3 is 36.1 Å². The zero-order chi connectivity index (χ0) is 62.0. The number of carboxylic acid groups (broad SMARTS) is 2. The van der Waals surface area contributed by atoms with Gasteiger partial charge in [0.25, 0.3) is 11.8 Å². The molecule has 4 aromatic carbocycles. The third kappa shape index (κ3) is 14.5. The van der Waals surface area contributed by atoms with Crippen molar-refractivity contribution in [1.82, 2.24) is 18.8 Å². The van der Waals surface area contributed by atoms with Crippen molar-refractivity contribution >= 4 is 81.2 Å². The van der Waals surface area contributed by atoms with Crippen molar-refractivity contribution in [3.05, 3.63) is 167 Å². The van der Waals surface area contributed by atoms with E-state index in [4.69, 9.17) is 18.9 Å². The molecule has 0 aliphatic heterocycles. The van der Waals surface area contributed by atoms with Gasteiger partial charge in [-0.2, -0.15) is 26.3 Å². The van der Waals surface area contributed by atoms with Crippen LogP contribution in [-0.4, -0.2) is 116 Å². The minimum absolute atomic E-state index is 0.0255. The highest BCUT2D eigenvalue weighted by Gasteiger charge is 2.40. The highest BCUT2D eigenvalue weighted by molar-refractivity contribution is 6.13. The van der Waals surface area contributed by atoms with E-state index in [1.165, 1.54) is 69.7 Å². The third-order valence-electron chi connectivity index (χ3n) is 12.9. The third-order valence-corrected chi connectivity index (χ3v) is 12.9. The number of fused-ring (bicyclic) bond motifs is 2.